The molecule has 0 aliphatic carbocycles. The van der Waals surface area contributed by atoms with Gasteiger partial charge in [-0.1, -0.05) is 32.4 Å². The van der Waals surface area contributed by atoms with Crippen LogP contribution in [0.25, 0.3) is 0 Å². The van der Waals surface area contributed by atoms with Crippen LogP contribution in [0.2, 0.25) is 0 Å². The normalized spacial score (nSPS) is 11.9. The third kappa shape index (κ3) is 4.65. The van der Waals surface area contributed by atoms with Crippen LogP contribution in [0.15, 0.2) is 24.3 Å². The SMILES string of the molecule is CCCCOc1ccc(C(CC)NC(=O)O)cc1. The van der Waals surface area contributed by atoms with E-state index in [0.717, 1.165) is 37.2 Å². The van der Waals surface area contributed by atoms with Gasteiger partial charge in [-0.2, -0.15) is 0 Å². The van der Waals surface area contributed by atoms with Crippen LogP contribution in [-0.4, -0.2) is 17.8 Å². The predicted octanol–water partition coefficient (Wildman–Crippen LogP) is 3.58. The zero-order valence-corrected chi connectivity index (χ0v) is 11.0. The van der Waals surface area contributed by atoms with Gasteiger partial charge in [0.15, 0.2) is 0 Å². The highest BCUT2D eigenvalue weighted by Gasteiger charge is 2.11. The van der Waals surface area contributed by atoms with Crippen molar-refractivity contribution in [3.05, 3.63) is 29.8 Å². The number of hydrogen-bond acceptors (Lipinski definition) is 2. The van der Waals surface area contributed by atoms with Crippen molar-refractivity contribution < 1.29 is 14.6 Å². The van der Waals surface area contributed by atoms with Gasteiger partial charge in [-0.3, -0.25) is 0 Å². The van der Waals surface area contributed by atoms with E-state index >= 15 is 0 Å². The summed E-state index contributed by atoms with van der Waals surface area (Å²) in [5.74, 6) is 0.831. The first kappa shape index (κ1) is 14.4. The number of hydrogen-bond donors (Lipinski definition) is 2. The topological polar surface area (TPSA) is 58.6 Å². The van der Waals surface area contributed by atoms with Crippen LogP contribution in [-0.2, 0) is 0 Å². The Hall–Kier alpha value is -1.71. The molecule has 1 amide bonds. The first-order valence-electron chi connectivity index (χ1n) is 6.39. The molecule has 0 spiro atoms. The molecule has 0 heterocycles. The molecule has 4 heteroatoms. The first-order chi connectivity index (χ1) is 8.67. The Labute approximate surface area is 108 Å². The standard InChI is InChI=1S/C14H21NO3/c1-3-5-10-18-12-8-6-11(7-9-12)13(4-2)15-14(16)17/h6-9,13,15H,3-5,10H2,1-2H3,(H,16,17). The summed E-state index contributed by atoms with van der Waals surface area (Å²) in [5, 5.41) is 11.2. The van der Waals surface area contributed by atoms with Crippen molar-refractivity contribution >= 4 is 6.09 Å². The molecule has 1 aromatic rings. The van der Waals surface area contributed by atoms with Gasteiger partial charge in [-0.15, -0.1) is 0 Å². The van der Waals surface area contributed by atoms with Crippen molar-refractivity contribution in [3.63, 3.8) is 0 Å². The number of unbranched alkanes of at least 4 members (excludes halogenated alkanes) is 1. The molecule has 1 rings (SSSR count). The zero-order valence-electron chi connectivity index (χ0n) is 11.0. The van der Waals surface area contributed by atoms with Crippen molar-refractivity contribution in [2.75, 3.05) is 6.61 Å². The van der Waals surface area contributed by atoms with Gasteiger partial charge >= 0.3 is 6.09 Å². The minimum Gasteiger partial charge on any atom is -0.494 e. The smallest absolute Gasteiger partial charge is 0.405 e. The Balaban J connectivity index is 2.59. The van der Waals surface area contributed by atoms with Crippen LogP contribution in [0.4, 0.5) is 4.79 Å². The molecule has 18 heavy (non-hydrogen) atoms. The largest absolute Gasteiger partial charge is 0.494 e. The molecular weight excluding hydrogens is 230 g/mol. The second-order valence-electron chi connectivity index (χ2n) is 4.18. The number of amides is 1. The number of carboxylic acid groups (broad SMARTS) is 1. The van der Waals surface area contributed by atoms with E-state index in [-0.39, 0.29) is 6.04 Å². The van der Waals surface area contributed by atoms with Crippen LogP contribution in [0.5, 0.6) is 5.75 Å². The fourth-order valence-electron chi connectivity index (χ4n) is 1.70. The molecule has 0 aliphatic heterocycles. The molecule has 0 fully saturated rings. The van der Waals surface area contributed by atoms with Crippen LogP contribution in [0, 0.1) is 0 Å². The van der Waals surface area contributed by atoms with E-state index in [1.54, 1.807) is 0 Å². The number of ether oxygens (including phenoxy) is 1. The average molecular weight is 251 g/mol. The molecule has 0 saturated carbocycles. The van der Waals surface area contributed by atoms with Gasteiger partial charge in [-0.25, -0.2) is 4.79 Å². The summed E-state index contributed by atoms with van der Waals surface area (Å²) in [6, 6.07) is 7.43. The lowest BCUT2D eigenvalue weighted by Crippen LogP contribution is -2.26. The molecule has 100 valence electrons. The summed E-state index contributed by atoms with van der Waals surface area (Å²) < 4.78 is 5.56. The molecule has 1 aromatic carbocycles. The summed E-state index contributed by atoms with van der Waals surface area (Å²) in [6.07, 6.45) is 1.88. The Morgan fingerprint density at radius 1 is 1.33 bits per heavy atom. The van der Waals surface area contributed by atoms with Crippen molar-refractivity contribution in [1.82, 2.24) is 5.32 Å². The van der Waals surface area contributed by atoms with E-state index in [2.05, 4.69) is 12.2 Å². The average Bonchev–Trinajstić information content (AvgIpc) is 2.37. The lowest BCUT2D eigenvalue weighted by atomic mass is 10.0. The maximum absolute atomic E-state index is 10.6. The number of nitrogens with one attached hydrogen (secondary N) is 1. The van der Waals surface area contributed by atoms with Gasteiger partial charge in [0.1, 0.15) is 5.75 Å². The van der Waals surface area contributed by atoms with Gasteiger partial charge in [0.25, 0.3) is 0 Å². The van der Waals surface area contributed by atoms with Gasteiger partial charge in [0.05, 0.1) is 12.6 Å². The molecule has 0 aliphatic rings. The molecule has 0 bridgehead atoms. The maximum atomic E-state index is 10.6. The Morgan fingerprint density at radius 3 is 2.50 bits per heavy atom. The zero-order chi connectivity index (χ0) is 13.4. The lowest BCUT2D eigenvalue weighted by Gasteiger charge is -2.15. The molecule has 0 radical (unpaired) electrons. The molecule has 0 saturated heterocycles. The minimum atomic E-state index is -0.995. The Bertz CT molecular complexity index is 362. The van der Waals surface area contributed by atoms with E-state index in [4.69, 9.17) is 9.84 Å². The van der Waals surface area contributed by atoms with E-state index < -0.39 is 6.09 Å². The van der Waals surface area contributed by atoms with Crippen molar-refractivity contribution in [3.8, 4) is 5.75 Å². The fraction of sp³-hybridized carbons (Fsp3) is 0.500. The minimum absolute atomic E-state index is 0.160. The molecular formula is C14H21NO3. The highest BCUT2D eigenvalue weighted by molar-refractivity contribution is 5.65. The van der Waals surface area contributed by atoms with E-state index in [1.165, 1.54) is 0 Å². The molecule has 4 nitrogen and oxygen atoms in total. The van der Waals surface area contributed by atoms with Crippen molar-refractivity contribution in [1.29, 1.82) is 0 Å². The summed E-state index contributed by atoms with van der Waals surface area (Å²) in [7, 11) is 0. The summed E-state index contributed by atoms with van der Waals surface area (Å²) in [6.45, 7) is 4.79. The number of carbonyl (C=O) groups is 1. The van der Waals surface area contributed by atoms with Gasteiger partial charge in [0, 0.05) is 0 Å². The monoisotopic (exact) mass is 251 g/mol. The van der Waals surface area contributed by atoms with E-state index in [9.17, 15) is 4.79 Å². The van der Waals surface area contributed by atoms with E-state index in [1.807, 2.05) is 31.2 Å². The van der Waals surface area contributed by atoms with E-state index in [0.29, 0.717) is 0 Å². The van der Waals surface area contributed by atoms with Crippen molar-refractivity contribution in [2.24, 2.45) is 0 Å². The second kappa shape index (κ2) is 7.58. The fourth-order valence-corrected chi connectivity index (χ4v) is 1.70. The number of benzene rings is 1. The molecule has 1 atom stereocenters. The second-order valence-corrected chi connectivity index (χ2v) is 4.18. The van der Waals surface area contributed by atoms with Gasteiger partial charge in [0.2, 0.25) is 0 Å². The Morgan fingerprint density at radius 2 is 2.00 bits per heavy atom. The van der Waals surface area contributed by atoms with Crippen LogP contribution in [0.1, 0.15) is 44.7 Å². The highest BCUT2D eigenvalue weighted by Crippen LogP contribution is 2.20. The predicted molar refractivity (Wildman–Crippen MR) is 71.0 cm³/mol. The molecule has 1 unspecified atom stereocenters. The van der Waals surface area contributed by atoms with Crippen LogP contribution < -0.4 is 10.1 Å². The highest BCUT2D eigenvalue weighted by atomic mass is 16.5. The van der Waals surface area contributed by atoms with Crippen molar-refractivity contribution in [2.45, 2.75) is 39.2 Å². The van der Waals surface area contributed by atoms with Gasteiger partial charge < -0.3 is 15.2 Å². The summed E-state index contributed by atoms with van der Waals surface area (Å²) >= 11 is 0. The van der Waals surface area contributed by atoms with Crippen LogP contribution >= 0.6 is 0 Å². The first-order valence-corrected chi connectivity index (χ1v) is 6.39. The lowest BCUT2D eigenvalue weighted by molar-refractivity contribution is 0.189. The Kier molecular flexibility index (Phi) is 6.05. The number of rotatable bonds is 7. The third-order valence-electron chi connectivity index (χ3n) is 2.76. The molecule has 2 N–H and O–H groups in total. The third-order valence-corrected chi connectivity index (χ3v) is 2.76. The van der Waals surface area contributed by atoms with Gasteiger partial charge in [-0.05, 0) is 30.5 Å². The molecule has 0 aromatic heterocycles. The summed E-state index contributed by atoms with van der Waals surface area (Å²) in [5.41, 5.74) is 0.961. The van der Waals surface area contributed by atoms with Crippen LogP contribution in [0.3, 0.4) is 0 Å². The maximum Gasteiger partial charge on any atom is 0.405 e. The quantitative estimate of drug-likeness (QED) is 0.728. The summed E-state index contributed by atoms with van der Waals surface area (Å²) in [4.78, 5) is 10.6.